The number of phenolic OH excluding ortho intramolecular Hbond substituents is 2. The first-order valence-electron chi connectivity index (χ1n) is 14.3. The summed E-state index contributed by atoms with van der Waals surface area (Å²) in [6.45, 7) is 5.92. The van der Waals surface area contributed by atoms with Crippen LogP contribution in [0.2, 0.25) is 0 Å². The average Bonchev–Trinajstić information content (AvgIpc) is 3.10. The summed E-state index contributed by atoms with van der Waals surface area (Å²) < 4.78 is 17.2. The summed E-state index contributed by atoms with van der Waals surface area (Å²) in [6.07, 6.45) is 3.07. The summed E-state index contributed by atoms with van der Waals surface area (Å²) in [6, 6.07) is 2.59. The largest absolute Gasteiger partial charge is 0.505 e. The number of carbonyl (C=O) groups excluding carboxylic acids is 1. The van der Waals surface area contributed by atoms with Gasteiger partial charge in [0.2, 0.25) is 0 Å². The number of unbranched alkanes of at least 4 members (excludes halogenated alkanes) is 2. The van der Waals surface area contributed by atoms with E-state index in [0.29, 0.717) is 66.8 Å². The molecule has 0 amide bonds. The van der Waals surface area contributed by atoms with Crippen molar-refractivity contribution in [1.82, 2.24) is 0 Å². The number of ether oxygens (including phenoxy) is 3. The maximum atomic E-state index is 13.8. The Labute approximate surface area is 247 Å². The second-order valence-electron chi connectivity index (χ2n) is 11.1. The summed E-state index contributed by atoms with van der Waals surface area (Å²) in [5, 5.41) is 29.6. The van der Waals surface area contributed by atoms with E-state index in [0.717, 1.165) is 19.3 Å². The van der Waals surface area contributed by atoms with Crippen molar-refractivity contribution in [3.8, 4) is 28.7 Å². The highest BCUT2D eigenvalue weighted by molar-refractivity contribution is 6.42. The van der Waals surface area contributed by atoms with Crippen LogP contribution in [0.5, 0.6) is 28.7 Å². The van der Waals surface area contributed by atoms with Gasteiger partial charge in [0.1, 0.15) is 11.5 Å². The van der Waals surface area contributed by atoms with Gasteiger partial charge in [-0.05, 0) is 37.6 Å². The molecule has 1 aliphatic carbocycles. The van der Waals surface area contributed by atoms with Crippen molar-refractivity contribution in [2.24, 2.45) is 0 Å². The standard InChI is InChI=1S/C34H33NO8/c1-7-8-9-10-35-31-16-11-14(2)21(15(3)36)30-28-22(16)27-23(32(31)39)17(37)12-19(41-4)25(27)26-20(42-5)13-18(38)24(29(26)28)33(40)34(30)43-6/h12-13,35,39-40H,7-11H2,1-6H3. The van der Waals surface area contributed by atoms with E-state index in [-0.39, 0.29) is 46.0 Å². The molecule has 0 aliphatic heterocycles. The van der Waals surface area contributed by atoms with Crippen LogP contribution in [0.25, 0.3) is 48.7 Å². The first-order chi connectivity index (χ1) is 20.6. The van der Waals surface area contributed by atoms with Gasteiger partial charge in [-0.15, -0.1) is 0 Å². The number of nitrogens with one attached hydrogen (secondary N) is 1. The van der Waals surface area contributed by atoms with E-state index in [9.17, 15) is 24.6 Å². The number of hydrogen-bond acceptors (Lipinski definition) is 9. The molecule has 0 saturated heterocycles. The van der Waals surface area contributed by atoms with E-state index in [2.05, 4.69) is 12.2 Å². The van der Waals surface area contributed by atoms with Crippen molar-refractivity contribution in [3.05, 3.63) is 49.3 Å². The number of fused-ring (bicyclic) bond motifs is 1. The van der Waals surface area contributed by atoms with Gasteiger partial charge in [0.25, 0.3) is 0 Å². The smallest absolute Gasteiger partial charge is 0.194 e. The molecule has 0 aromatic heterocycles. The molecule has 0 saturated carbocycles. The maximum Gasteiger partial charge on any atom is 0.194 e. The minimum Gasteiger partial charge on any atom is -0.505 e. The van der Waals surface area contributed by atoms with Gasteiger partial charge in [0.15, 0.2) is 33.9 Å². The van der Waals surface area contributed by atoms with Gasteiger partial charge in [-0.2, -0.15) is 0 Å². The van der Waals surface area contributed by atoms with Gasteiger partial charge in [-0.1, -0.05) is 25.3 Å². The lowest BCUT2D eigenvalue weighted by Gasteiger charge is -2.24. The van der Waals surface area contributed by atoms with E-state index in [1.165, 1.54) is 40.4 Å². The fourth-order valence-electron chi connectivity index (χ4n) is 7.03. The van der Waals surface area contributed by atoms with E-state index in [4.69, 9.17) is 14.2 Å². The number of allylic oxidation sites excluding steroid dienone is 2. The molecule has 0 radical (unpaired) electrons. The fraction of sp³-hybridized carbons (Fsp3) is 0.324. The molecule has 0 fully saturated rings. The van der Waals surface area contributed by atoms with Crippen molar-refractivity contribution in [2.45, 2.75) is 46.5 Å². The molecule has 222 valence electrons. The third-order valence-electron chi connectivity index (χ3n) is 8.71. The number of benzene rings is 5. The average molecular weight is 584 g/mol. The number of ketones is 1. The second kappa shape index (κ2) is 10.2. The molecule has 0 atom stereocenters. The van der Waals surface area contributed by atoms with Crippen molar-refractivity contribution < 1.29 is 29.2 Å². The van der Waals surface area contributed by atoms with Gasteiger partial charge >= 0.3 is 0 Å². The van der Waals surface area contributed by atoms with Crippen molar-refractivity contribution in [2.75, 3.05) is 33.2 Å². The topological polar surface area (TPSA) is 131 Å². The number of hydrogen-bond donors (Lipinski definition) is 3. The number of carbonyl (C=O) groups is 1. The molecule has 9 heteroatoms. The van der Waals surface area contributed by atoms with Crippen LogP contribution in [0.15, 0.2) is 27.3 Å². The second-order valence-corrected chi connectivity index (χ2v) is 11.1. The normalized spacial score (nSPS) is 13.1. The molecule has 1 aliphatic rings. The molecule has 0 heterocycles. The first-order valence-corrected chi connectivity index (χ1v) is 14.3. The molecule has 5 aromatic carbocycles. The Morgan fingerprint density at radius 1 is 0.814 bits per heavy atom. The SMILES string of the molecule is CCCCCNc1c(O)c2c(=O)cc(OC)c3c4c(OC)cc(=O)c5c(O)c(OC)c6c(c(c1CC(C)=C6C(C)=O)c23)c54. The predicted octanol–water partition coefficient (Wildman–Crippen LogP) is 5.85. The van der Waals surface area contributed by atoms with E-state index in [1.54, 1.807) is 0 Å². The molecular weight excluding hydrogens is 550 g/mol. The van der Waals surface area contributed by atoms with Crippen LogP contribution in [-0.4, -0.2) is 43.9 Å². The third kappa shape index (κ3) is 3.73. The minimum atomic E-state index is -0.499. The van der Waals surface area contributed by atoms with Gasteiger partial charge in [-0.3, -0.25) is 14.4 Å². The number of rotatable bonds is 9. The summed E-state index contributed by atoms with van der Waals surface area (Å²) in [7, 11) is 4.25. The Kier molecular flexibility index (Phi) is 6.71. The molecule has 6 rings (SSSR count). The lowest BCUT2D eigenvalue weighted by molar-refractivity contribution is -0.111. The van der Waals surface area contributed by atoms with E-state index < -0.39 is 16.6 Å². The Balaban J connectivity index is 2.06. The lowest BCUT2D eigenvalue weighted by atomic mass is 9.82. The van der Waals surface area contributed by atoms with E-state index in [1.807, 2.05) is 6.92 Å². The number of anilines is 1. The zero-order valence-electron chi connectivity index (χ0n) is 25.0. The van der Waals surface area contributed by atoms with Crippen LogP contribution in [0.3, 0.4) is 0 Å². The predicted molar refractivity (Wildman–Crippen MR) is 169 cm³/mol. The van der Waals surface area contributed by atoms with Crippen molar-refractivity contribution >= 4 is 60.1 Å². The molecule has 0 bridgehead atoms. The van der Waals surface area contributed by atoms with Gasteiger partial charge in [0, 0.05) is 56.7 Å². The van der Waals surface area contributed by atoms with Crippen LogP contribution in [0, 0.1) is 0 Å². The number of Topliss-reactive ketones (excluding diaryl/α,β-unsaturated/α-hetero) is 1. The first kappa shape index (κ1) is 28.3. The zero-order valence-corrected chi connectivity index (χ0v) is 25.0. The van der Waals surface area contributed by atoms with Gasteiger partial charge in [-0.25, -0.2) is 0 Å². The van der Waals surface area contributed by atoms with Gasteiger partial charge < -0.3 is 29.7 Å². The maximum absolute atomic E-state index is 13.8. The molecule has 3 N–H and O–H groups in total. The van der Waals surface area contributed by atoms with Crippen LogP contribution < -0.4 is 30.4 Å². The highest BCUT2D eigenvalue weighted by Crippen LogP contribution is 2.57. The third-order valence-corrected chi connectivity index (χ3v) is 8.71. The Bertz CT molecular complexity index is 2150. The van der Waals surface area contributed by atoms with Crippen molar-refractivity contribution in [3.63, 3.8) is 0 Å². The Morgan fingerprint density at radius 2 is 1.40 bits per heavy atom. The molecule has 0 spiro atoms. The molecule has 0 unspecified atom stereocenters. The lowest BCUT2D eigenvalue weighted by Crippen LogP contribution is -2.11. The summed E-state index contributed by atoms with van der Waals surface area (Å²) in [5.74, 6) is -0.431. The van der Waals surface area contributed by atoms with Crippen molar-refractivity contribution in [1.29, 1.82) is 0 Å². The molecule has 9 nitrogen and oxygen atoms in total. The number of methoxy groups -OCH3 is 3. The van der Waals surface area contributed by atoms with Crippen LogP contribution in [0.4, 0.5) is 5.69 Å². The fourth-order valence-corrected chi connectivity index (χ4v) is 7.03. The monoisotopic (exact) mass is 583 g/mol. The summed E-state index contributed by atoms with van der Waals surface area (Å²) in [4.78, 5) is 40.8. The Morgan fingerprint density at radius 3 is 1.93 bits per heavy atom. The molecule has 5 aromatic rings. The highest BCUT2D eigenvalue weighted by Gasteiger charge is 2.35. The highest BCUT2D eigenvalue weighted by atomic mass is 16.5. The summed E-state index contributed by atoms with van der Waals surface area (Å²) in [5.41, 5.74) is 1.46. The molecule has 43 heavy (non-hydrogen) atoms. The van der Waals surface area contributed by atoms with Crippen LogP contribution >= 0.6 is 0 Å². The quantitative estimate of drug-likeness (QED) is 0.0846. The van der Waals surface area contributed by atoms with E-state index >= 15 is 0 Å². The number of aromatic hydroxyl groups is 2. The van der Waals surface area contributed by atoms with Crippen LogP contribution in [-0.2, 0) is 11.2 Å². The number of phenols is 2. The molecular formula is C34H33NO8. The van der Waals surface area contributed by atoms with Gasteiger partial charge in [0.05, 0.1) is 37.8 Å². The zero-order chi connectivity index (χ0) is 30.9. The van der Waals surface area contributed by atoms with Crippen LogP contribution in [0.1, 0.15) is 51.2 Å². The minimum absolute atomic E-state index is 0.00242. The summed E-state index contributed by atoms with van der Waals surface area (Å²) >= 11 is 0. The Hall–Kier alpha value is -4.79.